The minimum Gasteiger partial charge on any atom is -0.383 e. The average Bonchev–Trinajstić information content (AvgIpc) is 3.08. The maximum absolute atomic E-state index is 12.3. The lowest BCUT2D eigenvalue weighted by Crippen LogP contribution is -2.47. The number of rotatable bonds is 8. The van der Waals surface area contributed by atoms with Crippen molar-refractivity contribution in [1.29, 1.82) is 0 Å². The molecule has 0 bridgehead atoms. The van der Waals surface area contributed by atoms with Crippen LogP contribution in [-0.4, -0.2) is 44.3 Å². The molecule has 0 fully saturated rings. The van der Waals surface area contributed by atoms with Crippen molar-refractivity contribution in [3.05, 3.63) is 58.3 Å². The van der Waals surface area contributed by atoms with Crippen LogP contribution in [0.3, 0.4) is 0 Å². The second-order valence-corrected chi connectivity index (χ2v) is 6.50. The molecule has 1 aromatic carbocycles. The Bertz CT molecular complexity index is 572. The first-order chi connectivity index (χ1) is 11.2. The number of methoxy groups -OCH3 is 1. The average molecular weight is 332 g/mol. The first-order valence-corrected chi connectivity index (χ1v) is 8.64. The second-order valence-electron chi connectivity index (χ2n) is 5.47. The van der Waals surface area contributed by atoms with E-state index in [4.69, 9.17) is 4.74 Å². The van der Waals surface area contributed by atoms with E-state index in [2.05, 4.69) is 28.9 Å². The molecule has 23 heavy (non-hydrogen) atoms. The molecule has 1 heterocycles. The van der Waals surface area contributed by atoms with E-state index in [9.17, 15) is 4.79 Å². The van der Waals surface area contributed by atoms with E-state index in [1.54, 1.807) is 23.3 Å². The lowest BCUT2D eigenvalue weighted by atomic mass is 10.1. The third-order valence-corrected chi connectivity index (χ3v) is 4.71. The number of ether oxygens (including phenoxy) is 1. The Labute approximate surface area is 142 Å². The maximum atomic E-state index is 12.3. The lowest BCUT2D eigenvalue weighted by molar-refractivity contribution is 0.115. The van der Waals surface area contributed by atoms with Crippen LogP contribution in [0.2, 0.25) is 0 Å². The van der Waals surface area contributed by atoms with Gasteiger partial charge in [0.1, 0.15) is 0 Å². The van der Waals surface area contributed by atoms with E-state index >= 15 is 0 Å². The van der Waals surface area contributed by atoms with Gasteiger partial charge in [0.15, 0.2) is 0 Å². The summed E-state index contributed by atoms with van der Waals surface area (Å²) in [6, 6.07) is 14.3. The zero-order valence-corrected chi connectivity index (χ0v) is 14.5. The van der Waals surface area contributed by atoms with Crippen LogP contribution >= 0.6 is 11.3 Å². The van der Waals surface area contributed by atoms with Gasteiger partial charge in [0, 0.05) is 25.6 Å². The summed E-state index contributed by atoms with van der Waals surface area (Å²) >= 11 is 1.71. The van der Waals surface area contributed by atoms with E-state index in [0.717, 1.165) is 12.8 Å². The second kappa shape index (κ2) is 9.33. The van der Waals surface area contributed by atoms with Gasteiger partial charge in [0.2, 0.25) is 0 Å². The molecule has 124 valence electrons. The molecule has 0 saturated carbocycles. The Kier molecular flexibility index (Phi) is 7.10. The van der Waals surface area contributed by atoms with Crippen LogP contribution in [0.4, 0.5) is 4.79 Å². The van der Waals surface area contributed by atoms with Crippen molar-refractivity contribution in [2.24, 2.45) is 0 Å². The number of likely N-dealkylation sites (N-methyl/N-ethyl adjacent to an activating group) is 1. The number of carbonyl (C=O) groups excluding carboxylic acids is 1. The Morgan fingerprint density at radius 2 is 2.04 bits per heavy atom. The normalized spacial score (nSPS) is 11.9. The summed E-state index contributed by atoms with van der Waals surface area (Å²) in [5.41, 5.74) is 1.20. The number of hydrogen-bond acceptors (Lipinski definition) is 3. The number of benzene rings is 1. The van der Waals surface area contributed by atoms with Crippen molar-refractivity contribution in [3.63, 3.8) is 0 Å². The van der Waals surface area contributed by atoms with Gasteiger partial charge in [0.25, 0.3) is 0 Å². The molecule has 1 N–H and O–H groups in total. The quantitative estimate of drug-likeness (QED) is 0.806. The number of thiophene rings is 1. The molecule has 1 atom stereocenters. The molecule has 2 amide bonds. The van der Waals surface area contributed by atoms with Crippen LogP contribution in [0.25, 0.3) is 0 Å². The summed E-state index contributed by atoms with van der Waals surface area (Å²) in [5.74, 6) is 0. The molecule has 0 aliphatic carbocycles. The Morgan fingerprint density at radius 3 is 2.70 bits per heavy atom. The minimum absolute atomic E-state index is 0.0177. The number of nitrogens with zero attached hydrogens (tertiary/aromatic N) is 1. The number of carbonyl (C=O) groups is 1. The molecule has 0 unspecified atom stereocenters. The third-order valence-electron chi connectivity index (χ3n) is 3.77. The number of amides is 2. The molecule has 2 rings (SSSR count). The summed E-state index contributed by atoms with van der Waals surface area (Å²) in [5, 5.41) is 5.04. The van der Waals surface area contributed by atoms with Gasteiger partial charge in [-0.1, -0.05) is 36.4 Å². The van der Waals surface area contributed by atoms with Gasteiger partial charge in [0.05, 0.1) is 12.6 Å². The van der Waals surface area contributed by atoms with Gasteiger partial charge in [-0.3, -0.25) is 0 Å². The topological polar surface area (TPSA) is 41.6 Å². The number of nitrogens with one attached hydrogen (secondary N) is 1. The van der Waals surface area contributed by atoms with Crippen LogP contribution in [-0.2, 0) is 17.6 Å². The Morgan fingerprint density at radius 1 is 1.26 bits per heavy atom. The van der Waals surface area contributed by atoms with Gasteiger partial charge < -0.3 is 15.0 Å². The largest absolute Gasteiger partial charge is 0.383 e. The van der Waals surface area contributed by atoms with E-state index in [1.807, 2.05) is 31.3 Å². The number of urea groups is 1. The monoisotopic (exact) mass is 332 g/mol. The summed E-state index contributed by atoms with van der Waals surface area (Å²) in [6.45, 7) is 1.17. The highest BCUT2D eigenvalue weighted by molar-refractivity contribution is 7.09. The molecule has 4 nitrogen and oxygen atoms in total. The predicted molar refractivity (Wildman–Crippen MR) is 95.0 cm³/mol. The molecule has 0 radical (unpaired) electrons. The smallest absolute Gasteiger partial charge is 0.317 e. The van der Waals surface area contributed by atoms with Crippen molar-refractivity contribution < 1.29 is 9.53 Å². The molecule has 1 aromatic heterocycles. The summed E-state index contributed by atoms with van der Waals surface area (Å²) in [4.78, 5) is 15.4. The summed E-state index contributed by atoms with van der Waals surface area (Å²) in [7, 11) is 3.49. The van der Waals surface area contributed by atoms with Gasteiger partial charge in [-0.2, -0.15) is 0 Å². The first-order valence-electron chi connectivity index (χ1n) is 7.76. The van der Waals surface area contributed by atoms with Gasteiger partial charge >= 0.3 is 6.03 Å². The highest BCUT2D eigenvalue weighted by Crippen LogP contribution is 2.10. The Balaban J connectivity index is 1.85. The van der Waals surface area contributed by atoms with E-state index in [1.165, 1.54) is 10.4 Å². The fourth-order valence-electron chi connectivity index (χ4n) is 2.42. The minimum atomic E-state index is -0.0560. The molecule has 0 aliphatic heterocycles. The Hall–Kier alpha value is -1.85. The van der Waals surface area contributed by atoms with Crippen LogP contribution in [0.1, 0.15) is 10.4 Å². The molecule has 0 spiro atoms. The van der Waals surface area contributed by atoms with Crippen LogP contribution in [0, 0.1) is 0 Å². The zero-order chi connectivity index (χ0) is 16.5. The van der Waals surface area contributed by atoms with Crippen molar-refractivity contribution >= 4 is 17.4 Å². The molecule has 2 aromatic rings. The van der Waals surface area contributed by atoms with Crippen LogP contribution < -0.4 is 5.32 Å². The standard InChI is InChI=1S/C18H24N2O2S/c1-20(18(21)19-11-10-17-9-6-12-23-17)16(14-22-2)13-15-7-4-3-5-8-15/h3-9,12,16H,10-11,13-14H2,1-2H3,(H,19,21)/t16-/m1/s1. The lowest BCUT2D eigenvalue weighted by Gasteiger charge is -2.28. The molecule has 5 heteroatoms. The summed E-state index contributed by atoms with van der Waals surface area (Å²) < 4.78 is 5.29. The van der Waals surface area contributed by atoms with Gasteiger partial charge in [-0.15, -0.1) is 11.3 Å². The van der Waals surface area contributed by atoms with Crippen LogP contribution in [0.5, 0.6) is 0 Å². The predicted octanol–water partition coefficient (Wildman–Crippen LogP) is 3.19. The van der Waals surface area contributed by atoms with Gasteiger partial charge in [-0.05, 0) is 29.9 Å². The molecule has 0 aliphatic rings. The highest BCUT2D eigenvalue weighted by Gasteiger charge is 2.20. The first kappa shape index (κ1) is 17.5. The van der Waals surface area contributed by atoms with Crippen molar-refractivity contribution in [3.8, 4) is 0 Å². The van der Waals surface area contributed by atoms with Gasteiger partial charge in [-0.25, -0.2) is 4.79 Å². The maximum Gasteiger partial charge on any atom is 0.317 e. The third kappa shape index (κ3) is 5.69. The summed E-state index contributed by atoms with van der Waals surface area (Å²) in [6.07, 6.45) is 1.65. The highest BCUT2D eigenvalue weighted by atomic mass is 32.1. The van der Waals surface area contributed by atoms with Crippen molar-refractivity contribution in [2.75, 3.05) is 27.3 Å². The van der Waals surface area contributed by atoms with E-state index in [0.29, 0.717) is 13.2 Å². The zero-order valence-electron chi connectivity index (χ0n) is 13.7. The van der Waals surface area contributed by atoms with Crippen molar-refractivity contribution in [2.45, 2.75) is 18.9 Å². The SMILES string of the molecule is COC[C@@H](Cc1ccccc1)N(C)C(=O)NCCc1cccs1. The van der Waals surface area contributed by atoms with Crippen LogP contribution in [0.15, 0.2) is 47.8 Å². The molecular formula is C18H24N2O2S. The number of hydrogen-bond donors (Lipinski definition) is 1. The fraction of sp³-hybridized carbons (Fsp3) is 0.389. The molecular weight excluding hydrogens is 308 g/mol. The fourth-order valence-corrected chi connectivity index (χ4v) is 3.13. The van der Waals surface area contributed by atoms with Crippen molar-refractivity contribution in [1.82, 2.24) is 10.2 Å². The van der Waals surface area contributed by atoms with E-state index < -0.39 is 0 Å². The molecule has 0 saturated heterocycles. The van der Waals surface area contributed by atoms with E-state index in [-0.39, 0.29) is 12.1 Å².